The van der Waals surface area contributed by atoms with Gasteiger partial charge in [0.05, 0.1) is 12.7 Å². The zero-order chi connectivity index (χ0) is 14.7. The summed E-state index contributed by atoms with van der Waals surface area (Å²) in [6.45, 7) is 0. The number of methoxy groups -OCH3 is 1. The Bertz CT molecular complexity index is 688. The number of rotatable bonds is 3. The van der Waals surface area contributed by atoms with E-state index in [4.69, 9.17) is 9.47 Å². The molecule has 1 aliphatic rings. The molecule has 3 heteroatoms. The summed E-state index contributed by atoms with van der Waals surface area (Å²) in [4.78, 5) is 0. The van der Waals surface area contributed by atoms with Crippen molar-refractivity contribution in [1.82, 2.24) is 0 Å². The van der Waals surface area contributed by atoms with Gasteiger partial charge in [0.15, 0.2) is 11.5 Å². The molecule has 3 rings (SSSR count). The molecule has 0 N–H and O–H groups in total. The van der Waals surface area contributed by atoms with Crippen molar-refractivity contribution < 1.29 is 9.47 Å². The predicted octanol–water partition coefficient (Wildman–Crippen LogP) is 4.02. The number of benzene rings is 2. The van der Waals surface area contributed by atoms with Crippen LogP contribution in [0.3, 0.4) is 0 Å². The third-order valence-corrected chi connectivity index (χ3v) is 3.89. The summed E-state index contributed by atoms with van der Waals surface area (Å²) < 4.78 is 11.5. The van der Waals surface area contributed by atoms with Gasteiger partial charge in [0.25, 0.3) is 0 Å². The molecule has 0 fully saturated rings. The molecule has 1 unspecified atom stereocenters. The minimum Gasteiger partial charge on any atom is -0.493 e. The van der Waals surface area contributed by atoms with E-state index in [-0.39, 0.29) is 6.10 Å². The van der Waals surface area contributed by atoms with Gasteiger partial charge in [-0.05, 0) is 42.5 Å². The Balaban J connectivity index is 1.97. The number of ether oxygens (including phenoxy) is 2. The molecular weight excluding hydrogens is 262 g/mol. The highest BCUT2D eigenvalue weighted by Gasteiger charge is 2.23. The van der Waals surface area contributed by atoms with Crippen molar-refractivity contribution in [2.24, 2.45) is 0 Å². The number of fused-ring (bicyclic) bond motifs is 1. The van der Waals surface area contributed by atoms with Crippen molar-refractivity contribution in [3.63, 3.8) is 0 Å². The van der Waals surface area contributed by atoms with E-state index in [1.54, 1.807) is 19.2 Å². The van der Waals surface area contributed by atoms with Gasteiger partial charge in [-0.15, -0.1) is 0 Å². The minimum absolute atomic E-state index is 0.0154. The molecule has 0 heterocycles. The van der Waals surface area contributed by atoms with Crippen LogP contribution >= 0.6 is 0 Å². The van der Waals surface area contributed by atoms with E-state index in [1.165, 1.54) is 11.1 Å². The van der Waals surface area contributed by atoms with Crippen molar-refractivity contribution in [2.75, 3.05) is 7.11 Å². The smallest absolute Gasteiger partial charge is 0.179 e. The maximum atomic E-state index is 9.28. The molecule has 0 aliphatic heterocycles. The zero-order valence-electron chi connectivity index (χ0n) is 12.0. The Morgan fingerprint density at radius 1 is 1.14 bits per heavy atom. The predicted molar refractivity (Wildman–Crippen MR) is 80.5 cm³/mol. The van der Waals surface area contributed by atoms with Crippen molar-refractivity contribution in [1.29, 1.82) is 5.26 Å². The highest BCUT2D eigenvalue weighted by atomic mass is 16.5. The Morgan fingerprint density at radius 2 is 2.00 bits per heavy atom. The first-order chi connectivity index (χ1) is 10.3. The summed E-state index contributed by atoms with van der Waals surface area (Å²) in [7, 11) is 1.60. The number of nitriles is 1. The average molecular weight is 279 g/mol. The Hall–Kier alpha value is -2.47. The van der Waals surface area contributed by atoms with E-state index in [2.05, 4.69) is 24.3 Å². The Morgan fingerprint density at radius 3 is 2.81 bits per heavy atom. The molecule has 0 spiro atoms. The molecule has 21 heavy (non-hydrogen) atoms. The van der Waals surface area contributed by atoms with Gasteiger partial charge in [0.2, 0.25) is 0 Å². The molecule has 0 aromatic heterocycles. The molecule has 2 aromatic rings. The summed E-state index contributed by atoms with van der Waals surface area (Å²) >= 11 is 0. The highest BCUT2D eigenvalue weighted by Crippen LogP contribution is 2.38. The summed E-state index contributed by atoms with van der Waals surface area (Å²) in [5.74, 6) is 1.15. The van der Waals surface area contributed by atoms with E-state index in [0.29, 0.717) is 17.1 Å². The van der Waals surface area contributed by atoms with Gasteiger partial charge < -0.3 is 9.47 Å². The van der Waals surface area contributed by atoms with Gasteiger partial charge >= 0.3 is 0 Å². The number of aryl methyl sites for hydroxylation is 1. The Kier molecular flexibility index (Phi) is 3.79. The summed E-state index contributed by atoms with van der Waals surface area (Å²) in [6.07, 6.45) is 3.13. The summed E-state index contributed by atoms with van der Waals surface area (Å²) in [5, 5.41) is 9.28. The number of nitrogens with zero attached hydrogens (tertiary/aromatic N) is 1. The highest BCUT2D eigenvalue weighted by molar-refractivity contribution is 5.52. The standard InChI is InChI=1S/C18H17NO2/c1-20-17-11-5-8-14(12-19)18(17)21-16-10-4-7-13-6-2-3-9-15(13)16/h2-3,5-6,8-9,11,16H,4,7,10H2,1H3. The SMILES string of the molecule is COc1cccc(C#N)c1OC1CCCc2ccccc21. The number of hydrogen-bond acceptors (Lipinski definition) is 3. The van der Waals surface area contributed by atoms with Crippen LogP contribution < -0.4 is 9.47 Å². The fourth-order valence-electron chi connectivity index (χ4n) is 2.86. The monoisotopic (exact) mass is 279 g/mol. The van der Waals surface area contributed by atoms with E-state index >= 15 is 0 Å². The second kappa shape index (κ2) is 5.88. The van der Waals surface area contributed by atoms with E-state index in [1.807, 2.05) is 12.1 Å². The molecule has 2 aromatic carbocycles. The third kappa shape index (κ3) is 2.57. The van der Waals surface area contributed by atoms with Gasteiger partial charge in [0.1, 0.15) is 12.2 Å². The minimum atomic E-state index is -0.0154. The van der Waals surface area contributed by atoms with Gasteiger partial charge in [-0.2, -0.15) is 5.26 Å². The lowest BCUT2D eigenvalue weighted by molar-refractivity contribution is 0.175. The van der Waals surface area contributed by atoms with Gasteiger partial charge in [-0.25, -0.2) is 0 Å². The molecule has 0 saturated heterocycles. The van der Waals surface area contributed by atoms with Crippen LogP contribution in [0.25, 0.3) is 0 Å². The lowest BCUT2D eigenvalue weighted by atomic mass is 9.89. The number of para-hydroxylation sites is 1. The topological polar surface area (TPSA) is 42.2 Å². The van der Waals surface area contributed by atoms with Crippen LogP contribution in [0.15, 0.2) is 42.5 Å². The van der Waals surface area contributed by atoms with Crippen LogP contribution in [0.5, 0.6) is 11.5 Å². The van der Waals surface area contributed by atoms with E-state index in [9.17, 15) is 5.26 Å². The molecule has 0 radical (unpaired) electrons. The first kappa shape index (κ1) is 13.5. The molecule has 106 valence electrons. The second-order valence-corrected chi connectivity index (χ2v) is 5.15. The van der Waals surface area contributed by atoms with Crippen molar-refractivity contribution in [3.05, 3.63) is 59.2 Å². The van der Waals surface area contributed by atoms with Crippen LogP contribution in [-0.4, -0.2) is 7.11 Å². The zero-order valence-corrected chi connectivity index (χ0v) is 12.0. The summed E-state index contributed by atoms with van der Waals surface area (Å²) in [6, 6.07) is 15.9. The van der Waals surface area contributed by atoms with Gasteiger partial charge in [-0.3, -0.25) is 0 Å². The third-order valence-electron chi connectivity index (χ3n) is 3.89. The quantitative estimate of drug-likeness (QED) is 0.852. The van der Waals surface area contributed by atoms with Gasteiger partial charge in [0, 0.05) is 0 Å². The summed E-state index contributed by atoms with van der Waals surface area (Å²) in [5.41, 5.74) is 3.07. The van der Waals surface area contributed by atoms with Crippen molar-refractivity contribution in [2.45, 2.75) is 25.4 Å². The Labute approximate surface area is 124 Å². The molecular formula is C18H17NO2. The normalized spacial score (nSPS) is 16.7. The molecule has 3 nitrogen and oxygen atoms in total. The largest absolute Gasteiger partial charge is 0.493 e. The van der Waals surface area contributed by atoms with Crippen LogP contribution in [0.4, 0.5) is 0 Å². The molecule has 0 amide bonds. The molecule has 0 bridgehead atoms. The first-order valence-corrected chi connectivity index (χ1v) is 7.15. The maximum absolute atomic E-state index is 9.28. The number of hydrogen-bond donors (Lipinski definition) is 0. The molecule has 1 atom stereocenters. The van der Waals surface area contributed by atoms with Crippen LogP contribution in [-0.2, 0) is 6.42 Å². The lowest BCUT2D eigenvalue weighted by Gasteiger charge is -2.27. The lowest BCUT2D eigenvalue weighted by Crippen LogP contribution is -2.16. The van der Waals surface area contributed by atoms with Crippen LogP contribution in [0.1, 0.15) is 35.6 Å². The van der Waals surface area contributed by atoms with E-state index < -0.39 is 0 Å². The van der Waals surface area contributed by atoms with Crippen LogP contribution in [0, 0.1) is 11.3 Å². The van der Waals surface area contributed by atoms with Crippen molar-refractivity contribution in [3.8, 4) is 17.6 Å². The van der Waals surface area contributed by atoms with Crippen molar-refractivity contribution >= 4 is 0 Å². The maximum Gasteiger partial charge on any atom is 0.179 e. The molecule has 1 aliphatic carbocycles. The average Bonchev–Trinajstić information content (AvgIpc) is 2.55. The van der Waals surface area contributed by atoms with Crippen LogP contribution in [0.2, 0.25) is 0 Å². The fourth-order valence-corrected chi connectivity index (χ4v) is 2.86. The van der Waals surface area contributed by atoms with Gasteiger partial charge in [-0.1, -0.05) is 30.3 Å². The van der Waals surface area contributed by atoms with E-state index in [0.717, 1.165) is 19.3 Å². The second-order valence-electron chi connectivity index (χ2n) is 5.15. The molecule has 0 saturated carbocycles. The fraction of sp³-hybridized carbons (Fsp3) is 0.278. The first-order valence-electron chi connectivity index (χ1n) is 7.15.